The third kappa shape index (κ3) is 17.1. The van der Waals surface area contributed by atoms with E-state index in [2.05, 4.69) is 165 Å². The zero-order chi connectivity index (χ0) is 63.1. The maximum atomic E-state index is 13.3. The van der Waals surface area contributed by atoms with Gasteiger partial charge in [-0.3, -0.25) is 0 Å². The third-order valence-electron chi connectivity index (χ3n) is 15.3. The summed E-state index contributed by atoms with van der Waals surface area (Å²) in [5.41, 5.74) is 9.71. The molecule has 5 aromatic rings. The summed E-state index contributed by atoms with van der Waals surface area (Å²) in [7, 11) is 6.54. The summed E-state index contributed by atoms with van der Waals surface area (Å²) in [4.78, 5) is 66.4. The number of hydrogen-bond donors (Lipinski definition) is 0. The predicted molar refractivity (Wildman–Crippen MR) is 327 cm³/mol. The molecule has 15 nitrogen and oxygen atoms in total. The highest BCUT2D eigenvalue weighted by atomic mass is 16.6. The molecule has 0 fully saturated rings. The molecule has 0 unspecified atom stereocenters. The maximum absolute atomic E-state index is 13.3. The van der Waals surface area contributed by atoms with E-state index in [0.717, 1.165) is 27.8 Å². The zero-order valence-corrected chi connectivity index (χ0v) is 54.0. The van der Waals surface area contributed by atoms with Crippen LogP contribution in [-0.2, 0) is 107 Å². The number of fused-ring (bicyclic) bond motifs is 10. The van der Waals surface area contributed by atoms with Crippen LogP contribution in [0.5, 0.6) is 28.7 Å². The molecule has 0 heterocycles. The van der Waals surface area contributed by atoms with E-state index in [0.29, 0.717) is 84.4 Å². The average Bonchev–Trinajstić information content (AvgIpc) is 1.62. The van der Waals surface area contributed by atoms with Crippen LogP contribution < -0.4 is 23.7 Å². The number of methoxy groups -OCH3 is 5. The Morgan fingerprint density at radius 3 is 0.471 bits per heavy atom. The minimum Gasteiger partial charge on any atom is -0.481 e. The van der Waals surface area contributed by atoms with E-state index in [1.165, 1.54) is 35.5 Å². The topological polar surface area (TPSA) is 178 Å². The first kappa shape index (κ1) is 66.6. The van der Waals surface area contributed by atoms with Crippen molar-refractivity contribution in [3.63, 3.8) is 0 Å². The number of rotatable bonds is 15. The van der Waals surface area contributed by atoms with Gasteiger partial charge in [0.1, 0.15) is 28.7 Å². The number of carbonyl (C=O) groups is 5. The van der Waals surface area contributed by atoms with Crippen LogP contribution in [0.25, 0.3) is 0 Å². The molecule has 10 bridgehead atoms. The van der Waals surface area contributed by atoms with Crippen LogP contribution >= 0.6 is 0 Å². The molecule has 0 aromatic heterocycles. The van der Waals surface area contributed by atoms with Crippen LogP contribution in [0, 0.1) is 0 Å². The fraction of sp³-hybridized carbons (Fsp3) is 0.500. The normalized spacial score (nSPS) is 12.9. The van der Waals surface area contributed by atoms with Crippen molar-refractivity contribution >= 4 is 29.8 Å². The number of hydrogen-bond acceptors (Lipinski definition) is 15. The van der Waals surface area contributed by atoms with E-state index in [1.807, 2.05) is 0 Å². The van der Waals surface area contributed by atoms with E-state index in [4.69, 9.17) is 47.4 Å². The Bertz CT molecular complexity index is 2670. The number of ether oxygens (including phenoxy) is 10. The lowest BCUT2D eigenvalue weighted by Crippen LogP contribution is -2.20. The van der Waals surface area contributed by atoms with Crippen molar-refractivity contribution in [3.05, 3.63) is 144 Å². The molecule has 6 rings (SSSR count). The summed E-state index contributed by atoms with van der Waals surface area (Å²) in [6.07, 6.45) is 0.962. The minimum absolute atomic E-state index is 0.192. The SMILES string of the molecule is COC(=O)COc1c2cc(C(C)(C)C)cc1Cc1cc(C(C)(C)C)cc(c1OCC(=O)OC)Cc1cc(C(C)(C)C)cc(c1OCC(=O)OC)Cc1cc(C(C)(C)C)cc(c1OCC(=O)OC)Cc1cc(C(C)(C)C)cc(c1OCC(=O)OC)C2. The molecule has 0 atom stereocenters. The predicted octanol–water partition coefficient (Wildman–Crippen LogP) is 12.2. The fourth-order valence-corrected chi connectivity index (χ4v) is 10.2. The molecular formula is C70H90O15. The summed E-state index contributed by atoms with van der Waals surface area (Å²) < 4.78 is 59.6. The second-order valence-corrected chi connectivity index (χ2v) is 27.1. The summed E-state index contributed by atoms with van der Waals surface area (Å²) >= 11 is 0. The van der Waals surface area contributed by atoms with E-state index >= 15 is 0 Å². The quantitative estimate of drug-likeness (QED) is 0.0700. The van der Waals surface area contributed by atoms with Gasteiger partial charge in [0.25, 0.3) is 0 Å². The highest BCUT2D eigenvalue weighted by Crippen LogP contribution is 2.45. The van der Waals surface area contributed by atoms with Gasteiger partial charge in [0, 0.05) is 32.1 Å². The van der Waals surface area contributed by atoms with Gasteiger partial charge in [-0.1, -0.05) is 165 Å². The van der Waals surface area contributed by atoms with Gasteiger partial charge < -0.3 is 47.4 Å². The van der Waals surface area contributed by atoms with Crippen LogP contribution in [0.1, 0.15) is 187 Å². The van der Waals surface area contributed by atoms with Crippen LogP contribution in [-0.4, -0.2) is 98.4 Å². The molecule has 0 aliphatic heterocycles. The molecule has 85 heavy (non-hydrogen) atoms. The molecule has 0 spiro atoms. The second kappa shape index (κ2) is 26.8. The molecule has 1 aliphatic carbocycles. The van der Waals surface area contributed by atoms with Crippen molar-refractivity contribution in [2.75, 3.05) is 68.6 Å². The van der Waals surface area contributed by atoms with Crippen LogP contribution in [0.3, 0.4) is 0 Å². The Balaban J connectivity index is 1.95. The van der Waals surface area contributed by atoms with E-state index in [1.54, 1.807) is 0 Å². The smallest absolute Gasteiger partial charge is 0.343 e. The molecule has 460 valence electrons. The Morgan fingerprint density at radius 2 is 0.376 bits per heavy atom. The fourth-order valence-electron chi connectivity index (χ4n) is 10.2. The molecule has 0 amide bonds. The van der Waals surface area contributed by atoms with Crippen LogP contribution in [0.15, 0.2) is 60.7 Å². The van der Waals surface area contributed by atoms with Gasteiger partial charge in [0.15, 0.2) is 33.0 Å². The van der Waals surface area contributed by atoms with E-state index < -0.39 is 90.0 Å². The maximum Gasteiger partial charge on any atom is 0.343 e. The molecule has 5 aromatic carbocycles. The molecule has 15 heteroatoms. The van der Waals surface area contributed by atoms with Crippen molar-refractivity contribution < 1.29 is 71.3 Å². The first-order chi connectivity index (χ1) is 39.6. The van der Waals surface area contributed by atoms with Gasteiger partial charge in [-0.25, -0.2) is 24.0 Å². The number of carbonyl (C=O) groups excluding carboxylic acids is 5. The zero-order valence-electron chi connectivity index (χ0n) is 54.0. The summed E-state index contributed by atoms with van der Waals surface area (Å²) in [6.45, 7) is 29.8. The Morgan fingerprint density at radius 1 is 0.259 bits per heavy atom. The summed E-state index contributed by atoms with van der Waals surface area (Å²) in [5.74, 6) is -0.909. The van der Waals surface area contributed by atoms with Gasteiger partial charge in [0.05, 0.1) is 35.5 Å². The largest absolute Gasteiger partial charge is 0.481 e. The highest BCUT2D eigenvalue weighted by Gasteiger charge is 2.32. The van der Waals surface area contributed by atoms with Gasteiger partial charge in [-0.15, -0.1) is 0 Å². The van der Waals surface area contributed by atoms with Crippen molar-refractivity contribution in [1.82, 2.24) is 0 Å². The van der Waals surface area contributed by atoms with Crippen LogP contribution in [0.2, 0.25) is 0 Å². The Hall–Kier alpha value is -7.55. The lowest BCUT2D eigenvalue weighted by Gasteiger charge is -2.29. The molecule has 1 aliphatic rings. The standard InChI is InChI=1S/C70H90O15/c1-66(2,3)51-26-41-21-43-28-52(67(4,5)6)30-45(62(43)82-37-57(72)77-17)23-47-32-54(69(10,11)12)34-49(64(47)84-39-59(74)79-19)25-50-35-55(70(13,14)15)33-48(65(50)85-40-60(75)80-20)24-46-31-53(68(7,8)9)29-44(63(46)83-38-58(73)78-18)22-42(27-51)61(41)81-36-56(71)76-16/h26-35H,21-25,36-40H2,1-20H3. The number of benzene rings is 5. The van der Waals surface area contributed by atoms with Crippen molar-refractivity contribution in [2.45, 2.75) is 163 Å². The molecule has 0 saturated heterocycles. The molecular weight excluding hydrogens is 1080 g/mol. The van der Waals surface area contributed by atoms with Crippen molar-refractivity contribution in [2.24, 2.45) is 0 Å². The first-order valence-corrected chi connectivity index (χ1v) is 28.9. The minimum atomic E-state index is -0.597. The lowest BCUT2D eigenvalue weighted by molar-refractivity contribution is -0.143. The van der Waals surface area contributed by atoms with Gasteiger partial charge >= 0.3 is 29.8 Å². The number of esters is 5. The second-order valence-electron chi connectivity index (χ2n) is 27.1. The van der Waals surface area contributed by atoms with Crippen molar-refractivity contribution in [1.29, 1.82) is 0 Å². The summed E-state index contributed by atoms with van der Waals surface area (Å²) in [6, 6.07) is 20.9. The van der Waals surface area contributed by atoms with E-state index in [9.17, 15) is 24.0 Å². The van der Waals surface area contributed by atoms with Crippen LogP contribution in [0.4, 0.5) is 0 Å². The highest BCUT2D eigenvalue weighted by molar-refractivity contribution is 5.74. The Kier molecular flexibility index (Phi) is 21.0. The van der Waals surface area contributed by atoms with Gasteiger partial charge in [-0.05, 0) is 111 Å². The molecule has 0 saturated carbocycles. The Labute approximate surface area is 503 Å². The van der Waals surface area contributed by atoms with Gasteiger partial charge in [0.2, 0.25) is 0 Å². The molecule has 0 N–H and O–H groups in total. The molecule has 0 radical (unpaired) electrons. The average molecular weight is 1170 g/mol. The van der Waals surface area contributed by atoms with E-state index in [-0.39, 0.29) is 32.1 Å². The van der Waals surface area contributed by atoms with Crippen molar-refractivity contribution in [3.8, 4) is 28.7 Å². The monoisotopic (exact) mass is 1170 g/mol. The lowest BCUT2D eigenvalue weighted by atomic mass is 9.79. The van der Waals surface area contributed by atoms with Gasteiger partial charge in [-0.2, -0.15) is 0 Å². The third-order valence-corrected chi connectivity index (χ3v) is 15.3. The summed E-state index contributed by atoms with van der Waals surface area (Å²) in [5, 5.41) is 0. The first-order valence-electron chi connectivity index (χ1n) is 28.9.